The van der Waals surface area contributed by atoms with Gasteiger partial charge in [0.1, 0.15) is 0 Å². The van der Waals surface area contributed by atoms with E-state index in [9.17, 15) is 0 Å². The lowest BCUT2D eigenvalue weighted by Crippen LogP contribution is -2.46. The summed E-state index contributed by atoms with van der Waals surface area (Å²) < 4.78 is 11.5. The van der Waals surface area contributed by atoms with E-state index in [-0.39, 0.29) is 11.2 Å². The van der Waals surface area contributed by atoms with Gasteiger partial charge in [-0.1, -0.05) is 26.7 Å². The molecule has 1 saturated heterocycles. The highest BCUT2D eigenvalue weighted by atomic mass is 16.7. The second kappa shape index (κ2) is 4.63. The molecule has 0 N–H and O–H groups in total. The number of ether oxygens (including phenoxy) is 2. The summed E-state index contributed by atoms with van der Waals surface area (Å²) >= 11 is 0. The van der Waals surface area contributed by atoms with Gasteiger partial charge in [-0.15, -0.1) is 0 Å². The smallest absolute Gasteiger partial charge is 0.162 e. The molecule has 0 radical (unpaired) electrons. The maximum absolute atomic E-state index is 5.75. The summed E-state index contributed by atoms with van der Waals surface area (Å²) in [5, 5.41) is 0. The first kappa shape index (κ1) is 12.0. The third-order valence-corrected chi connectivity index (χ3v) is 3.26. The Balaban J connectivity index is 2.48. The molecule has 14 heavy (non-hydrogen) atoms. The van der Waals surface area contributed by atoms with Crippen molar-refractivity contribution in [2.24, 2.45) is 5.41 Å². The Morgan fingerprint density at radius 2 is 1.64 bits per heavy atom. The zero-order chi connectivity index (χ0) is 10.7. The summed E-state index contributed by atoms with van der Waals surface area (Å²) in [5.41, 5.74) is 0.283. The van der Waals surface area contributed by atoms with Gasteiger partial charge in [0.2, 0.25) is 0 Å². The number of rotatable bonds is 4. The maximum Gasteiger partial charge on any atom is 0.162 e. The van der Waals surface area contributed by atoms with Gasteiger partial charge in [0.15, 0.2) is 5.79 Å². The van der Waals surface area contributed by atoms with Crippen LogP contribution in [0, 0.1) is 5.41 Å². The molecule has 0 atom stereocenters. The van der Waals surface area contributed by atoms with Crippen LogP contribution in [-0.4, -0.2) is 19.0 Å². The van der Waals surface area contributed by atoms with Crippen molar-refractivity contribution < 1.29 is 9.47 Å². The average molecular weight is 200 g/mol. The van der Waals surface area contributed by atoms with Gasteiger partial charge in [0.25, 0.3) is 0 Å². The topological polar surface area (TPSA) is 18.5 Å². The predicted molar refractivity (Wildman–Crippen MR) is 58.2 cm³/mol. The molecule has 0 saturated carbocycles. The fourth-order valence-corrected chi connectivity index (χ4v) is 1.81. The molecule has 1 rings (SSSR count). The lowest BCUT2D eigenvalue weighted by Gasteiger charge is -2.43. The molecule has 0 bridgehead atoms. The van der Waals surface area contributed by atoms with Crippen molar-refractivity contribution in [3.63, 3.8) is 0 Å². The van der Waals surface area contributed by atoms with Crippen LogP contribution in [0.3, 0.4) is 0 Å². The lowest BCUT2D eigenvalue weighted by atomic mass is 9.81. The molecule has 0 spiro atoms. The molecule has 0 aromatic rings. The summed E-state index contributed by atoms with van der Waals surface area (Å²) in [5.74, 6) is -0.370. The van der Waals surface area contributed by atoms with Crippen LogP contribution in [0.15, 0.2) is 0 Å². The molecule has 2 nitrogen and oxygen atoms in total. The standard InChI is InChI=1S/C12H24O2/c1-5-7-8-12(6-2)9-13-11(3,4)14-10-12/h5-10H2,1-4H3. The molecule has 0 unspecified atom stereocenters. The van der Waals surface area contributed by atoms with Gasteiger partial charge in [-0.25, -0.2) is 0 Å². The molecule has 0 aliphatic carbocycles. The van der Waals surface area contributed by atoms with Crippen molar-refractivity contribution in [1.29, 1.82) is 0 Å². The van der Waals surface area contributed by atoms with Crippen molar-refractivity contribution >= 4 is 0 Å². The van der Waals surface area contributed by atoms with Gasteiger partial charge < -0.3 is 9.47 Å². The Morgan fingerprint density at radius 1 is 1.07 bits per heavy atom. The Hall–Kier alpha value is -0.0800. The highest BCUT2D eigenvalue weighted by Crippen LogP contribution is 2.36. The minimum atomic E-state index is -0.370. The zero-order valence-corrected chi connectivity index (χ0v) is 10.1. The molecule has 0 aromatic carbocycles. The molecule has 1 heterocycles. The van der Waals surface area contributed by atoms with Crippen molar-refractivity contribution in [2.75, 3.05) is 13.2 Å². The van der Waals surface area contributed by atoms with E-state index >= 15 is 0 Å². The molecule has 2 heteroatoms. The SMILES string of the molecule is CCCCC1(CC)COC(C)(C)OC1. The van der Waals surface area contributed by atoms with E-state index in [1.54, 1.807) is 0 Å². The molecule has 0 aromatic heterocycles. The van der Waals surface area contributed by atoms with Crippen molar-refractivity contribution in [3.05, 3.63) is 0 Å². The third kappa shape index (κ3) is 2.96. The predicted octanol–water partition coefficient (Wildman–Crippen LogP) is 3.36. The Morgan fingerprint density at radius 3 is 2.07 bits per heavy atom. The normalized spacial score (nSPS) is 24.9. The molecular formula is C12H24O2. The van der Waals surface area contributed by atoms with Crippen LogP contribution in [0.5, 0.6) is 0 Å². The summed E-state index contributed by atoms with van der Waals surface area (Å²) in [6.07, 6.45) is 4.92. The van der Waals surface area contributed by atoms with Crippen LogP contribution in [0.1, 0.15) is 53.4 Å². The van der Waals surface area contributed by atoms with Crippen LogP contribution in [0.4, 0.5) is 0 Å². The van der Waals surface area contributed by atoms with E-state index in [2.05, 4.69) is 13.8 Å². The second-order valence-corrected chi connectivity index (χ2v) is 4.93. The van der Waals surface area contributed by atoms with E-state index in [0.717, 1.165) is 19.6 Å². The fraction of sp³-hybridized carbons (Fsp3) is 1.00. The van der Waals surface area contributed by atoms with E-state index in [4.69, 9.17) is 9.47 Å². The van der Waals surface area contributed by atoms with E-state index in [0.29, 0.717) is 0 Å². The first-order valence-corrected chi connectivity index (χ1v) is 5.81. The summed E-state index contributed by atoms with van der Waals surface area (Å²) in [6.45, 7) is 10.2. The van der Waals surface area contributed by atoms with Gasteiger partial charge >= 0.3 is 0 Å². The average Bonchev–Trinajstić information content (AvgIpc) is 2.18. The van der Waals surface area contributed by atoms with Gasteiger partial charge in [-0.2, -0.15) is 0 Å². The number of unbranched alkanes of at least 4 members (excludes halogenated alkanes) is 1. The Labute approximate surface area is 88.0 Å². The quantitative estimate of drug-likeness (QED) is 0.693. The molecule has 1 aliphatic heterocycles. The van der Waals surface area contributed by atoms with Gasteiger partial charge in [-0.05, 0) is 26.7 Å². The van der Waals surface area contributed by atoms with E-state index in [1.165, 1.54) is 19.3 Å². The van der Waals surface area contributed by atoms with Crippen LogP contribution in [-0.2, 0) is 9.47 Å². The monoisotopic (exact) mass is 200 g/mol. The van der Waals surface area contributed by atoms with Gasteiger partial charge in [0, 0.05) is 5.41 Å². The fourth-order valence-electron chi connectivity index (χ4n) is 1.81. The lowest BCUT2D eigenvalue weighted by molar-refractivity contribution is -0.287. The summed E-state index contributed by atoms with van der Waals surface area (Å²) in [4.78, 5) is 0. The van der Waals surface area contributed by atoms with Crippen LogP contribution in [0.25, 0.3) is 0 Å². The molecule has 0 amide bonds. The zero-order valence-electron chi connectivity index (χ0n) is 10.1. The second-order valence-electron chi connectivity index (χ2n) is 4.93. The maximum atomic E-state index is 5.75. The third-order valence-electron chi connectivity index (χ3n) is 3.26. The Kier molecular flexibility index (Phi) is 3.96. The first-order chi connectivity index (χ1) is 6.54. The molecule has 84 valence electrons. The van der Waals surface area contributed by atoms with Crippen LogP contribution >= 0.6 is 0 Å². The minimum Gasteiger partial charge on any atom is -0.350 e. The number of hydrogen-bond acceptors (Lipinski definition) is 2. The van der Waals surface area contributed by atoms with Crippen LogP contribution < -0.4 is 0 Å². The minimum absolute atomic E-state index is 0.283. The van der Waals surface area contributed by atoms with Crippen molar-refractivity contribution in [3.8, 4) is 0 Å². The van der Waals surface area contributed by atoms with Gasteiger partial charge in [-0.3, -0.25) is 0 Å². The van der Waals surface area contributed by atoms with E-state index in [1.807, 2.05) is 13.8 Å². The highest BCUT2D eigenvalue weighted by molar-refractivity contribution is 4.82. The molecule has 1 fully saturated rings. The van der Waals surface area contributed by atoms with E-state index < -0.39 is 0 Å². The Bertz CT molecular complexity index is 165. The number of hydrogen-bond donors (Lipinski definition) is 0. The summed E-state index contributed by atoms with van der Waals surface area (Å²) in [6, 6.07) is 0. The largest absolute Gasteiger partial charge is 0.350 e. The highest BCUT2D eigenvalue weighted by Gasteiger charge is 2.38. The van der Waals surface area contributed by atoms with Gasteiger partial charge in [0.05, 0.1) is 13.2 Å². The van der Waals surface area contributed by atoms with Crippen LogP contribution in [0.2, 0.25) is 0 Å². The van der Waals surface area contributed by atoms with Crippen molar-refractivity contribution in [2.45, 2.75) is 59.2 Å². The molecule has 1 aliphatic rings. The van der Waals surface area contributed by atoms with Crippen molar-refractivity contribution in [1.82, 2.24) is 0 Å². The molecular weight excluding hydrogens is 176 g/mol. The first-order valence-electron chi connectivity index (χ1n) is 5.81. The summed E-state index contributed by atoms with van der Waals surface area (Å²) in [7, 11) is 0.